The molecule has 0 fully saturated rings. The summed E-state index contributed by atoms with van der Waals surface area (Å²) in [6.45, 7) is 0. The van der Waals surface area contributed by atoms with Crippen molar-refractivity contribution >= 4 is 175 Å². The number of aliphatic carboxylic acids is 4. The zero-order valence-corrected chi connectivity index (χ0v) is 24.2. The first-order chi connectivity index (χ1) is 8.07. The minimum absolute atomic E-state index is 0. The average Bonchev–Trinajstić information content (AvgIpc) is 2.16. The summed E-state index contributed by atoms with van der Waals surface area (Å²) in [5.74, 6) is -6.27. The Hall–Kier alpha value is 2.52. The maximum Gasteiger partial charge on any atom is 2.00 e. The molecule has 178 valence electrons. The Morgan fingerprint density at radius 2 is 0.935 bits per heavy atom. The van der Waals surface area contributed by atoms with E-state index in [9.17, 15) is 29.4 Å². The van der Waals surface area contributed by atoms with Crippen molar-refractivity contribution in [3.05, 3.63) is 0 Å². The Morgan fingerprint density at radius 3 is 1.00 bits per heavy atom. The smallest absolute Gasteiger partial charge is 1.00 e. The molecule has 0 aromatic carbocycles. The molecular weight excluding hydrogens is 556 g/mol. The van der Waals surface area contributed by atoms with E-state index in [1.807, 2.05) is 0 Å². The van der Waals surface area contributed by atoms with Crippen molar-refractivity contribution in [1.82, 2.24) is 0 Å². The van der Waals surface area contributed by atoms with Crippen molar-refractivity contribution in [3.63, 3.8) is 0 Å². The van der Waals surface area contributed by atoms with E-state index in [0.29, 0.717) is 0 Å². The third kappa shape index (κ3) is 88.3. The third-order valence-electron chi connectivity index (χ3n) is 1.29. The molecule has 0 aliphatic heterocycles. The van der Waals surface area contributed by atoms with Gasteiger partial charge >= 0.3 is 163 Å². The molecule has 0 amide bonds. The molecule has 0 saturated heterocycles. The van der Waals surface area contributed by atoms with E-state index in [-0.39, 0.29) is 204 Å². The molecule has 0 spiro atoms. The SMILES string of the molecule is C.O.O.O.O=C(O)CC(O)C(=O)O.O=C([O-])CC(O)C(=O)[O-].[Ca+2].[Ca+2].[Ca+2].[Ca+2].[H-].[OH-].[OH-].[OH-].[OH-].[OH-]. The number of aliphatic hydroxyl groups is 2. The second-order valence-electron chi connectivity index (χ2n) is 2.86. The van der Waals surface area contributed by atoms with E-state index in [4.69, 9.17) is 20.4 Å². The maximum atomic E-state index is 9.72. The van der Waals surface area contributed by atoms with Gasteiger partial charge in [0.2, 0.25) is 0 Å². The van der Waals surface area contributed by atoms with Crippen LogP contribution in [0.25, 0.3) is 0 Å². The zero-order chi connectivity index (χ0) is 14.9. The van der Waals surface area contributed by atoms with Crippen LogP contribution in [0.3, 0.4) is 0 Å². The Labute approximate surface area is 297 Å². The van der Waals surface area contributed by atoms with Gasteiger partial charge in [-0.15, -0.1) is 0 Å². The topological polar surface area (TPSA) is 440 Å². The number of aliphatic hydroxyl groups excluding tert-OH is 2. The fourth-order valence-corrected chi connectivity index (χ4v) is 0.494. The Balaban J connectivity index is -0.00000000795. The van der Waals surface area contributed by atoms with Crippen LogP contribution in [-0.4, -0.2) is 251 Å². The van der Waals surface area contributed by atoms with Crippen LogP contribution in [0, 0.1) is 0 Å². The first-order valence-corrected chi connectivity index (χ1v) is 4.29. The van der Waals surface area contributed by atoms with Gasteiger partial charge in [-0.2, -0.15) is 0 Å². The molecule has 2 unspecified atom stereocenters. The van der Waals surface area contributed by atoms with Gasteiger partial charge in [0.15, 0.2) is 6.10 Å². The standard InChI is InChI=1S/2C4H6O5.CH4.4Ca.8H2O.H/c2*5-2(4(8)9)1-3(6)7;;;;;;;;;;;;;;/h2*2,5H,1H2,(H,6,7)(H,8,9);1H4;;;;;8*1H2;/q;;;4*+2;;;;;;;;;-1/p-7. The quantitative estimate of drug-likeness (QED) is 0.211. The first kappa shape index (κ1) is 103. The van der Waals surface area contributed by atoms with Gasteiger partial charge in [0.05, 0.1) is 18.5 Å². The van der Waals surface area contributed by atoms with Gasteiger partial charge in [-0.25, -0.2) is 4.79 Å². The number of carboxylic acids is 4. The van der Waals surface area contributed by atoms with Crippen molar-refractivity contribution in [1.29, 1.82) is 0 Å². The fourth-order valence-electron chi connectivity index (χ4n) is 0.494. The molecular formula is C9H26Ca4O18. The number of rotatable bonds is 6. The van der Waals surface area contributed by atoms with E-state index >= 15 is 0 Å². The average molecular weight is 583 g/mol. The number of carbonyl (C=O) groups is 4. The molecule has 0 aromatic heterocycles. The van der Waals surface area contributed by atoms with Crippen LogP contribution in [0.1, 0.15) is 21.7 Å². The molecule has 2 atom stereocenters. The molecule has 0 bridgehead atoms. The van der Waals surface area contributed by atoms with E-state index in [2.05, 4.69) is 0 Å². The van der Waals surface area contributed by atoms with Crippen LogP contribution in [0.5, 0.6) is 0 Å². The molecule has 22 heteroatoms. The summed E-state index contributed by atoms with van der Waals surface area (Å²) < 4.78 is 0. The predicted octanol–water partition coefficient (Wildman–Crippen LogP) is -8.99. The van der Waals surface area contributed by atoms with E-state index in [1.165, 1.54) is 0 Å². The minimum atomic E-state index is -1.96. The summed E-state index contributed by atoms with van der Waals surface area (Å²) in [4.78, 5) is 38.5. The monoisotopic (exact) mass is 582 g/mol. The number of hydrogen-bond donors (Lipinski definition) is 4. The Bertz CT molecular complexity index is 320. The normalized spacial score (nSPS) is 7.29. The second kappa shape index (κ2) is 63.7. The van der Waals surface area contributed by atoms with Gasteiger partial charge in [0.25, 0.3) is 0 Å². The summed E-state index contributed by atoms with van der Waals surface area (Å²) in [6, 6.07) is 0. The molecule has 0 saturated carbocycles. The zero-order valence-electron chi connectivity index (χ0n) is 16.4. The van der Waals surface area contributed by atoms with Gasteiger partial charge in [-0.3, -0.25) is 4.79 Å². The van der Waals surface area contributed by atoms with Crippen LogP contribution < -0.4 is 10.2 Å². The van der Waals surface area contributed by atoms with Gasteiger partial charge < -0.3 is 85.5 Å². The Morgan fingerprint density at radius 1 is 0.677 bits per heavy atom. The molecule has 0 radical (unpaired) electrons. The summed E-state index contributed by atoms with van der Waals surface area (Å²) in [5.41, 5.74) is 0. The molecule has 0 heterocycles. The molecule has 18 nitrogen and oxygen atoms in total. The van der Waals surface area contributed by atoms with Crippen LogP contribution in [0.2, 0.25) is 0 Å². The molecule has 0 aromatic rings. The summed E-state index contributed by atoms with van der Waals surface area (Å²) in [6.07, 6.45) is -5.44. The van der Waals surface area contributed by atoms with Crippen molar-refractivity contribution in [3.8, 4) is 0 Å². The molecule has 0 aliphatic carbocycles. The Kier molecular flexibility index (Phi) is 212. The molecule has 0 aliphatic rings. The van der Waals surface area contributed by atoms with E-state index in [0.717, 1.165) is 0 Å². The largest absolute Gasteiger partial charge is 2.00 e. The molecule has 15 N–H and O–H groups in total. The predicted molar refractivity (Wildman–Crippen MR) is 97.9 cm³/mol. The van der Waals surface area contributed by atoms with Gasteiger partial charge in [0.1, 0.15) is 0 Å². The van der Waals surface area contributed by atoms with Crippen molar-refractivity contribution in [2.75, 3.05) is 0 Å². The molecule has 31 heavy (non-hydrogen) atoms. The van der Waals surface area contributed by atoms with Crippen molar-refractivity contribution in [2.45, 2.75) is 32.5 Å². The van der Waals surface area contributed by atoms with E-state index in [1.54, 1.807) is 0 Å². The summed E-state index contributed by atoms with van der Waals surface area (Å²) >= 11 is 0. The van der Waals surface area contributed by atoms with Gasteiger partial charge in [-0.05, 0) is 0 Å². The first-order valence-electron chi connectivity index (χ1n) is 4.29. The van der Waals surface area contributed by atoms with Gasteiger partial charge in [-0.1, -0.05) is 7.43 Å². The van der Waals surface area contributed by atoms with Crippen LogP contribution in [0.4, 0.5) is 0 Å². The minimum Gasteiger partial charge on any atom is -1.00 e. The van der Waals surface area contributed by atoms with Crippen molar-refractivity contribution < 1.29 is 95.1 Å². The fraction of sp³-hybridized carbons (Fsp3) is 0.556. The second-order valence-corrected chi connectivity index (χ2v) is 2.86. The molecule has 0 rings (SSSR count). The number of hydrogen-bond acceptors (Lipinski definition) is 13. The van der Waals surface area contributed by atoms with Gasteiger partial charge in [0, 0.05) is 12.4 Å². The third-order valence-corrected chi connectivity index (χ3v) is 1.29. The van der Waals surface area contributed by atoms with E-state index < -0.39 is 48.9 Å². The maximum absolute atomic E-state index is 9.72. The number of carboxylic acid groups (broad SMARTS) is 4. The summed E-state index contributed by atoms with van der Waals surface area (Å²) in [5, 5.41) is 51.5. The van der Waals surface area contributed by atoms with Crippen LogP contribution in [0.15, 0.2) is 0 Å². The van der Waals surface area contributed by atoms with Crippen LogP contribution >= 0.6 is 0 Å². The van der Waals surface area contributed by atoms with Crippen LogP contribution in [-0.2, 0) is 19.2 Å². The number of carbonyl (C=O) groups excluding carboxylic acids is 2. The summed E-state index contributed by atoms with van der Waals surface area (Å²) in [7, 11) is 0. The van der Waals surface area contributed by atoms with Crippen molar-refractivity contribution in [2.24, 2.45) is 0 Å².